The number of alkyl halides is 2. The van der Waals surface area contributed by atoms with E-state index < -0.39 is 35.0 Å². The maximum atomic E-state index is 12.7. The van der Waals surface area contributed by atoms with Crippen LogP contribution in [0.2, 0.25) is 0 Å². The summed E-state index contributed by atoms with van der Waals surface area (Å²) in [6.45, 7) is 0.907. The summed E-state index contributed by atoms with van der Waals surface area (Å²) in [6.07, 6.45) is -3.01. The summed E-state index contributed by atoms with van der Waals surface area (Å²) in [6, 6.07) is 0.926. The molecule has 1 atom stereocenters. The molecule has 0 spiro atoms. The van der Waals surface area contributed by atoms with Crippen LogP contribution < -0.4 is 5.73 Å². The van der Waals surface area contributed by atoms with Gasteiger partial charge in [0.25, 0.3) is 6.43 Å². The summed E-state index contributed by atoms with van der Waals surface area (Å²) in [7, 11) is 0. The fourth-order valence-electron chi connectivity index (χ4n) is 0.993. The van der Waals surface area contributed by atoms with Crippen molar-refractivity contribution in [2.24, 2.45) is 5.73 Å². The van der Waals surface area contributed by atoms with Crippen LogP contribution in [0.3, 0.4) is 0 Å². The monoisotopic (exact) mass is 225 g/mol. The van der Waals surface area contributed by atoms with E-state index in [1.807, 2.05) is 0 Å². The number of hydrogen-bond donors (Lipinski definition) is 1. The summed E-state index contributed by atoms with van der Waals surface area (Å²) in [5.74, 6) is -4.78. The number of benzene rings is 1. The van der Waals surface area contributed by atoms with Crippen LogP contribution in [0.25, 0.3) is 0 Å². The zero-order valence-corrected chi connectivity index (χ0v) is 7.70. The third kappa shape index (κ3) is 2.09. The Kier molecular flexibility index (Phi) is 2.99. The Hall–Kier alpha value is -1.17. The highest BCUT2D eigenvalue weighted by Gasteiger charge is 2.33. The molecule has 1 unspecified atom stereocenters. The van der Waals surface area contributed by atoms with E-state index >= 15 is 0 Å². The quantitative estimate of drug-likeness (QED) is 0.607. The van der Waals surface area contributed by atoms with Crippen molar-refractivity contribution in [1.29, 1.82) is 0 Å². The van der Waals surface area contributed by atoms with Gasteiger partial charge in [0.05, 0.1) is 5.54 Å². The molecule has 0 aliphatic rings. The van der Waals surface area contributed by atoms with E-state index in [9.17, 15) is 22.0 Å². The summed E-state index contributed by atoms with van der Waals surface area (Å²) < 4.78 is 62.8. The van der Waals surface area contributed by atoms with Crippen LogP contribution in [0, 0.1) is 17.5 Å². The molecule has 1 aromatic rings. The van der Waals surface area contributed by atoms with E-state index in [0.717, 1.165) is 6.92 Å². The summed E-state index contributed by atoms with van der Waals surface area (Å²) in [5.41, 5.74) is 2.46. The van der Waals surface area contributed by atoms with Crippen LogP contribution in [0.1, 0.15) is 12.5 Å². The average molecular weight is 225 g/mol. The minimum absolute atomic E-state index is 0.463. The fraction of sp³-hybridized carbons (Fsp3) is 0.333. The lowest BCUT2D eigenvalue weighted by molar-refractivity contribution is 0.0621. The highest BCUT2D eigenvalue weighted by molar-refractivity contribution is 5.26. The normalized spacial score (nSPS) is 15.5. The Labute approximate surface area is 82.7 Å². The molecular weight excluding hydrogens is 217 g/mol. The predicted molar refractivity (Wildman–Crippen MR) is 43.9 cm³/mol. The molecule has 1 nitrogen and oxygen atoms in total. The SMILES string of the molecule is CC(N)(c1cc(F)c(F)c(F)c1)C(F)F. The molecule has 0 amide bonds. The molecule has 84 valence electrons. The number of rotatable bonds is 2. The van der Waals surface area contributed by atoms with E-state index in [1.165, 1.54) is 0 Å². The Morgan fingerprint density at radius 1 is 1.13 bits per heavy atom. The third-order valence-electron chi connectivity index (χ3n) is 2.06. The van der Waals surface area contributed by atoms with E-state index in [1.54, 1.807) is 0 Å². The van der Waals surface area contributed by atoms with Gasteiger partial charge in [0.1, 0.15) is 0 Å². The molecule has 2 N–H and O–H groups in total. The molecule has 0 radical (unpaired) electrons. The van der Waals surface area contributed by atoms with Gasteiger partial charge in [-0.2, -0.15) is 0 Å². The molecule has 1 rings (SSSR count). The Balaban J connectivity index is 3.28. The van der Waals surface area contributed by atoms with Crippen molar-refractivity contribution in [3.05, 3.63) is 35.1 Å². The molecule has 0 saturated carbocycles. The van der Waals surface area contributed by atoms with Crippen molar-refractivity contribution in [2.45, 2.75) is 18.9 Å². The first-order chi connectivity index (χ1) is 6.76. The second-order valence-corrected chi connectivity index (χ2v) is 3.34. The van der Waals surface area contributed by atoms with Crippen molar-refractivity contribution in [1.82, 2.24) is 0 Å². The van der Waals surface area contributed by atoms with Crippen LogP contribution in [0.5, 0.6) is 0 Å². The van der Waals surface area contributed by atoms with Crippen LogP contribution in [0.4, 0.5) is 22.0 Å². The summed E-state index contributed by atoms with van der Waals surface area (Å²) >= 11 is 0. The first-order valence-electron chi connectivity index (χ1n) is 3.99. The maximum absolute atomic E-state index is 12.7. The summed E-state index contributed by atoms with van der Waals surface area (Å²) in [4.78, 5) is 0. The first-order valence-corrected chi connectivity index (χ1v) is 3.99. The molecule has 0 heterocycles. The van der Waals surface area contributed by atoms with Gasteiger partial charge in [-0.3, -0.25) is 0 Å². The topological polar surface area (TPSA) is 26.0 Å². The Bertz CT molecular complexity index is 352. The molecule has 15 heavy (non-hydrogen) atoms. The second kappa shape index (κ2) is 3.77. The molecule has 0 aromatic heterocycles. The maximum Gasteiger partial charge on any atom is 0.260 e. The first kappa shape index (κ1) is 11.9. The molecule has 0 saturated heterocycles. The van der Waals surface area contributed by atoms with Crippen LogP contribution in [-0.2, 0) is 5.54 Å². The molecular formula is C9H8F5N. The highest BCUT2D eigenvalue weighted by Crippen LogP contribution is 2.27. The lowest BCUT2D eigenvalue weighted by atomic mass is 9.93. The van der Waals surface area contributed by atoms with Crippen molar-refractivity contribution in [3.63, 3.8) is 0 Å². The molecule has 0 bridgehead atoms. The lowest BCUT2D eigenvalue weighted by Crippen LogP contribution is -2.40. The average Bonchev–Trinajstić information content (AvgIpc) is 2.13. The Morgan fingerprint density at radius 2 is 1.53 bits per heavy atom. The van der Waals surface area contributed by atoms with Gasteiger partial charge in [0.2, 0.25) is 0 Å². The zero-order chi connectivity index (χ0) is 11.8. The largest absolute Gasteiger partial charge is 0.317 e. The molecule has 6 heteroatoms. The second-order valence-electron chi connectivity index (χ2n) is 3.34. The van der Waals surface area contributed by atoms with Crippen LogP contribution in [-0.4, -0.2) is 6.43 Å². The van der Waals surface area contributed by atoms with E-state index in [4.69, 9.17) is 5.73 Å². The molecule has 0 aliphatic heterocycles. The van der Waals surface area contributed by atoms with Crippen molar-refractivity contribution in [2.75, 3.05) is 0 Å². The van der Waals surface area contributed by atoms with Crippen LogP contribution >= 0.6 is 0 Å². The summed E-state index contributed by atoms with van der Waals surface area (Å²) in [5, 5.41) is 0. The third-order valence-corrected chi connectivity index (χ3v) is 2.06. The van der Waals surface area contributed by atoms with Gasteiger partial charge >= 0.3 is 0 Å². The van der Waals surface area contributed by atoms with Gasteiger partial charge in [-0.25, -0.2) is 22.0 Å². The number of halogens is 5. The molecule has 0 fully saturated rings. The fourth-order valence-corrected chi connectivity index (χ4v) is 0.993. The van der Waals surface area contributed by atoms with Crippen molar-refractivity contribution >= 4 is 0 Å². The van der Waals surface area contributed by atoms with Gasteiger partial charge in [-0.1, -0.05) is 0 Å². The van der Waals surface area contributed by atoms with E-state index in [0.29, 0.717) is 12.1 Å². The van der Waals surface area contributed by atoms with Gasteiger partial charge in [0, 0.05) is 0 Å². The van der Waals surface area contributed by atoms with Crippen molar-refractivity contribution in [3.8, 4) is 0 Å². The van der Waals surface area contributed by atoms with E-state index in [-0.39, 0.29) is 0 Å². The minimum atomic E-state index is -3.01. The van der Waals surface area contributed by atoms with Gasteiger partial charge in [0.15, 0.2) is 17.5 Å². The van der Waals surface area contributed by atoms with E-state index in [2.05, 4.69) is 0 Å². The lowest BCUT2D eigenvalue weighted by Gasteiger charge is -2.24. The van der Waals surface area contributed by atoms with Gasteiger partial charge in [-0.05, 0) is 24.6 Å². The zero-order valence-electron chi connectivity index (χ0n) is 7.70. The van der Waals surface area contributed by atoms with Gasteiger partial charge < -0.3 is 5.73 Å². The number of hydrogen-bond acceptors (Lipinski definition) is 1. The molecule has 0 aliphatic carbocycles. The Morgan fingerprint density at radius 3 is 1.87 bits per heavy atom. The minimum Gasteiger partial charge on any atom is -0.317 e. The van der Waals surface area contributed by atoms with Crippen molar-refractivity contribution < 1.29 is 22.0 Å². The van der Waals surface area contributed by atoms with Crippen LogP contribution in [0.15, 0.2) is 12.1 Å². The highest BCUT2D eigenvalue weighted by atomic mass is 19.3. The number of nitrogens with two attached hydrogens (primary N) is 1. The molecule has 1 aromatic carbocycles. The standard InChI is InChI=1S/C9H8F5N/c1-9(15,8(13)14)4-2-5(10)7(12)6(11)3-4/h2-3,8H,15H2,1H3. The smallest absolute Gasteiger partial charge is 0.260 e. The van der Waals surface area contributed by atoms with Gasteiger partial charge in [-0.15, -0.1) is 0 Å². The predicted octanol–water partition coefficient (Wildman–Crippen LogP) is 2.54.